The third-order valence-electron chi connectivity index (χ3n) is 3.82. The standard InChI is InChI=1S/C14H21N3O2/c1-9(2)10-4-5-17(8-10)13-6-11(14(18)19-3)12(15)7-16-13/h6-7,9-10H,4-5,8,15H2,1-3H3. The molecule has 0 saturated carbocycles. The number of pyridine rings is 1. The van der Waals surface area contributed by atoms with Crippen molar-refractivity contribution in [3.05, 3.63) is 17.8 Å². The summed E-state index contributed by atoms with van der Waals surface area (Å²) in [6, 6.07) is 1.73. The van der Waals surface area contributed by atoms with E-state index < -0.39 is 5.97 Å². The van der Waals surface area contributed by atoms with Gasteiger partial charge in [-0.15, -0.1) is 0 Å². The number of nitrogen functional groups attached to an aromatic ring is 1. The highest BCUT2D eigenvalue weighted by molar-refractivity contribution is 5.95. The van der Waals surface area contributed by atoms with E-state index in [1.165, 1.54) is 13.3 Å². The molecule has 19 heavy (non-hydrogen) atoms. The van der Waals surface area contributed by atoms with Crippen LogP contribution in [-0.4, -0.2) is 31.2 Å². The zero-order valence-corrected chi connectivity index (χ0v) is 11.7. The fourth-order valence-corrected chi connectivity index (χ4v) is 2.45. The Labute approximate surface area is 113 Å². The van der Waals surface area contributed by atoms with Crippen LogP contribution in [-0.2, 0) is 4.74 Å². The molecule has 5 heteroatoms. The van der Waals surface area contributed by atoms with Gasteiger partial charge in [-0.25, -0.2) is 9.78 Å². The topological polar surface area (TPSA) is 68.5 Å². The van der Waals surface area contributed by atoms with Crippen molar-refractivity contribution in [2.24, 2.45) is 11.8 Å². The van der Waals surface area contributed by atoms with Crippen LogP contribution >= 0.6 is 0 Å². The van der Waals surface area contributed by atoms with Crippen LogP contribution < -0.4 is 10.6 Å². The first-order chi connectivity index (χ1) is 9.02. The zero-order chi connectivity index (χ0) is 14.0. The molecule has 0 bridgehead atoms. The summed E-state index contributed by atoms with van der Waals surface area (Å²) in [5, 5.41) is 0. The summed E-state index contributed by atoms with van der Waals surface area (Å²) in [5.74, 6) is 1.73. The van der Waals surface area contributed by atoms with Gasteiger partial charge in [0.05, 0.1) is 24.6 Å². The number of rotatable bonds is 3. The van der Waals surface area contributed by atoms with Gasteiger partial charge in [0.2, 0.25) is 0 Å². The molecule has 1 aliphatic heterocycles. The summed E-state index contributed by atoms with van der Waals surface area (Å²) in [6.07, 6.45) is 2.70. The van der Waals surface area contributed by atoms with E-state index in [1.807, 2.05) is 0 Å². The van der Waals surface area contributed by atoms with Crippen molar-refractivity contribution in [1.82, 2.24) is 4.98 Å². The number of esters is 1. The number of carbonyl (C=O) groups is 1. The van der Waals surface area contributed by atoms with Gasteiger partial charge in [0, 0.05) is 13.1 Å². The lowest BCUT2D eigenvalue weighted by atomic mass is 9.95. The van der Waals surface area contributed by atoms with Crippen molar-refractivity contribution in [2.45, 2.75) is 20.3 Å². The maximum atomic E-state index is 11.6. The molecule has 2 rings (SSSR count). The van der Waals surface area contributed by atoms with Crippen LogP contribution in [0.25, 0.3) is 0 Å². The van der Waals surface area contributed by atoms with Gasteiger partial charge < -0.3 is 15.4 Å². The predicted octanol–water partition coefficient (Wildman–Crippen LogP) is 1.93. The van der Waals surface area contributed by atoms with E-state index in [9.17, 15) is 4.79 Å². The molecule has 2 N–H and O–H groups in total. The first-order valence-electron chi connectivity index (χ1n) is 6.61. The zero-order valence-electron chi connectivity index (χ0n) is 11.7. The molecule has 2 heterocycles. The van der Waals surface area contributed by atoms with E-state index in [-0.39, 0.29) is 0 Å². The number of ether oxygens (including phenoxy) is 1. The summed E-state index contributed by atoms with van der Waals surface area (Å²) in [7, 11) is 1.35. The highest BCUT2D eigenvalue weighted by atomic mass is 16.5. The van der Waals surface area contributed by atoms with Gasteiger partial charge in [0.25, 0.3) is 0 Å². The normalized spacial score (nSPS) is 18.9. The van der Waals surface area contributed by atoms with E-state index in [0.717, 1.165) is 25.3 Å². The summed E-state index contributed by atoms with van der Waals surface area (Å²) < 4.78 is 4.73. The fourth-order valence-electron chi connectivity index (χ4n) is 2.45. The van der Waals surface area contributed by atoms with Gasteiger partial charge in [-0.2, -0.15) is 0 Å². The van der Waals surface area contributed by atoms with Crippen molar-refractivity contribution >= 4 is 17.5 Å². The molecule has 1 saturated heterocycles. The maximum absolute atomic E-state index is 11.6. The van der Waals surface area contributed by atoms with Crippen molar-refractivity contribution < 1.29 is 9.53 Å². The van der Waals surface area contributed by atoms with Crippen LogP contribution in [0.3, 0.4) is 0 Å². The Bertz CT molecular complexity index is 474. The molecule has 1 aromatic rings. The summed E-state index contributed by atoms with van der Waals surface area (Å²) >= 11 is 0. The van der Waals surface area contributed by atoms with Crippen LogP contribution in [0, 0.1) is 11.8 Å². The second-order valence-electron chi connectivity index (χ2n) is 5.36. The van der Waals surface area contributed by atoms with Gasteiger partial charge in [-0.3, -0.25) is 0 Å². The number of nitrogens with zero attached hydrogens (tertiary/aromatic N) is 2. The first kappa shape index (κ1) is 13.6. The lowest BCUT2D eigenvalue weighted by Gasteiger charge is -2.19. The lowest BCUT2D eigenvalue weighted by Crippen LogP contribution is -2.23. The molecule has 104 valence electrons. The monoisotopic (exact) mass is 263 g/mol. The number of aromatic nitrogens is 1. The molecule has 1 aliphatic rings. The van der Waals surface area contributed by atoms with Gasteiger partial charge in [-0.1, -0.05) is 13.8 Å². The maximum Gasteiger partial charge on any atom is 0.340 e. The second-order valence-corrected chi connectivity index (χ2v) is 5.36. The third kappa shape index (κ3) is 2.80. The number of methoxy groups -OCH3 is 1. The van der Waals surface area contributed by atoms with Crippen molar-refractivity contribution in [3.63, 3.8) is 0 Å². The second kappa shape index (κ2) is 5.47. The van der Waals surface area contributed by atoms with E-state index >= 15 is 0 Å². The molecule has 0 aliphatic carbocycles. The first-order valence-corrected chi connectivity index (χ1v) is 6.61. The average molecular weight is 263 g/mol. The average Bonchev–Trinajstić information content (AvgIpc) is 2.88. The Morgan fingerprint density at radius 1 is 1.58 bits per heavy atom. The number of nitrogens with two attached hydrogens (primary N) is 1. The Kier molecular flexibility index (Phi) is 3.93. The minimum absolute atomic E-state index is 0.357. The van der Waals surface area contributed by atoms with Crippen LogP contribution in [0.15, 0.2) is 12.3 Å². The van der Waals surface area contributed by atoms with Crippen LogP contribution in [0.4, 0.5) is 11.5 Å². The summed E-state index contributed by atoms with van der Waals surface area (Å²) in [5.41, 5.74) is 6.50. The number of hydrogen-bond donors (Lipinski definition) is 1. The van der Waals surface area contributed by atoms with Gasteiger partial charge >= 0.3 is 5.97 Å². The number of anilines is 2. The molecule has 0 aromatic carbocycles. The lowest BCUT2D eigenvalue weighted by molar-refractivity contribution is 0.0602. The van der Waals surface area contributed by atoms with Crippen molar-refractivity contribution in [1.29, 1.82) is 0 Å². The van der Waals surface area contributed by atoms with E-state index in [4.69, 9.17) is 10.5 Å². The summed E-state index contributed by atoms with van der Waals surface area (Å²) in [4.78, 5) is 18.2. The number of hydrogen-bond acceptors (Lipinski definition) is 5. The molecule has 5 nitrogen and oxygen atoms in total. The number of carbonyl (C=O) groups excluding carboxylic acids is 1. The minimum Gasteiger partial charge on any atom is -0.465 e. The molecule has 0 radical (unpaired) electrons. The predicted molar refractivity (Wildman–Crippen MR) is 75.1 cm³/mol. The van der Waals surface area contributed by atoms with Crippen molar-refractivity contribution in [2.75, 3.05) is 30.8 Å². The van der Waals surface area contributed by atoms with Gasteiger partial charge in [0.15, 0.2) is 0 Å². The van der Waals surface area contributed by atoms with Crippen LogP contribution in [0.2, 0.25) is 0 Å². The van der Waals surface area contributed by atoms with E-state index in [1.54, 1.807) is 6.07 Å². The quantitative estimate of drug-likeness (QED) is 0.844. The highest BCUT2D eigenvalue weighted by Gasteiger charge is 2.26. The Morgan fingerprint density at radius 2 is 2.32 bits per heavy atom. The Hall–Kier alpha value is -1.78. The van der Waals surface area contributed by atoms with Gasteiger partial charge in [0.1, 0.15) is 5.82 Å². The molecular weight excluding hydrogens is 242 g/mol. The molecule has 1 fully saturated rings. The van der Waals surface area contributed by atoms with Crippen LogP contribution in [0.5, 0.6) is 0 Å². The van der Waals surface area contributed by atoms with Crippen LogP contribution in [0.1, 0.15) is 30.6 Å². The largest absolute Gasteiger partial charge is 0.465 e. The third-order valence-corrected chi connectivity index (χ3v) is 3.82. The molecule has 1 atom stereocenters. The smallest absolute Gasteiger partial charge is 0.340 e. The Morgan fingerprint density at radius 3 is 2.89 bits per heavy atom. The molecule has 0 spiro atoms. The fraction of sp³-hybridized carbons (Fsp3) is 0.571. The molecule has 1 aromatic heterocycles. The molecule has 1 unspecified atom stereocenters. The van der Waals surface area contributed by atoms with Crippen molar-refractivity contribution in [3.8, 4) is 0 Å². The van der Waals surface area contributed by atoms with E-state index in [0.29, 0.717) is 23.1 Å². The minimum atomic E-state index is -0.416. The Balaban J connectivity index is 2.20. The van der Waals surface area contributed by atoms with Gasteiger partial charge in [-0.05, 0) is 24.3 Å². The van der Waals surface area contributed by atoms with E-state index in [2.05, 4.69) is 23.7 Å². The summed E-state index contributed by atoms with van der Waals surface area (Å²) in [6.45, 7) is 6.44. The molecule has 0 amide bonds. The SMILES string of the molecule is COC(=O)c1cc(N2CCC(C(C)C)C2)ncc1N. The molecular formula is C14H21N3O2. The highest BCUT2D eigenvalue weighted by Crippen LogP contribution is 2.28.